The van der Waals surface area contributed by atoms with Crippen molar-refractivity contribution in [2.24, 2.45) is 11.7 Å². The van der Waals surface area contributed by atoms with Crippen LogP contribution in [0.2, 0.25) is 0 Å². The zero-order valence-electron chi connectivity index (χ0n) is 8.27. The van der Waals surface area contributed by atoms with Gasteiger partial charge in [-0.2, -0.15) is 0 Å². The van der Waals surface area contributed by atoms with Crippen LogP contribution in [-0.4, -0.2) is 12.6 Å². The molecule has 2 N–H and O–H groups in total. The maximum Gasteiger partial charge on any atom is 0.217 e. The molecule has 0 rings (SSSR count). The molecule has 3 heteroatoms. The summed E-state index contributed by atoms with van der Waals surface area (Å²) in [6.45, 7) is 6.15. The summed E-state index contributed by atoms with van der Waals surface area (Å²) >= 11 is 0. The molecule has 0 aliphatic carbocycles. The van der Waals surface area contributed by atoms with Gasteiger partial charge in [0.15, 0.2) is 0 Å². The van der Waals surface area contributed by atoms with Crippen LogP contribution in [-0.2, 0) is 4.79 Å². The number of amides is 1. The lowest BCUT2D eigenvalue weighted by Gasteiger charge is -1.89. The van der Waals surface area contributed by atoms with Gasteiger partial charge in [-0.3, -0.25) is 9.18 Å². The van der Waals surface area contributed by atoms with E-state index in [2.05, 4.69) is 20.8 Å². The van der Waals surface area contributed by atoms with Gasteiger partial charge in [-0.05, 0) is 18.8 Å². The van der Waals surface area contributed by atoms with E-state index in [-0.39, 0.29) is 12.6 Å². The number of hydrogen-bond acceptors (Lipinski definition) is 1. The van der Waals surface area contributed by atoms with Gasteiger partial charge in [-0.1, -0.05) is 20.8 Å². The van der Waals surface area contributed by atoms with Crippen LogP contribution in [0.4, 0.5) is 4.39 Å². The van der Waals surface area contributed by atoms with Crippen LogP contribution < -0.4 is 5.73 Å². The fraction of sp³-hybridized carbons (Fsp3) is 0.889. The molecule has 0 aromatic heterocycles. The first-order valence-corrected chi connectivity index (χ1v) is 4.35. The van der Waals surface area contributed by atoms with Crippen molar-refractivity contribution in [3.8, 4) is 0 Å². The van der Waals surface area contributed by atoms with Gasteiger partial charge < -0.3 is 5.73 Å². The van der Waals surface area contributed by atoms with E-state index in [9.17, 15) is 9.18 Å². The normalized spacial score (nSPS) is 9.08. The summed E-state index contributed by atoms with van der Waals surface area (Å²) in [5.41, 5.74) is 4.77. The smallest absolute Gasteiger partial charge is 0.217 e. The Morgan fingerprint density at radius 3 is 2.00 bits per heavy atom. The summed E-state index contributed by atoms with van der Waals surface area (Å²) in [7, 11) is 0. The van der Waals surface area contributed by atoms with Gasteiger partial charge in [0.1, 0.15) is 0 Å². The molecular formula is C9H20FNO. The van der Waals surface area contributed by atoms with Crippen molar-refractivity contribution in [2.75, 3.05) is 6.67 Å². The Hall–Kier alpha value is -0.600. The second-order valence-corrected chi connectivity index (χ2v) is 3.34. The van der Waals surface area contributed by atoms with E-state index in [0.29, 0.717) is 19.3 Å². The van der Waals surface area contributed by atoms with Gasteiger partial charge in [0.05, 0.1) is 6.67 Å². The minimum Gasteiger partial charge on any atom is -0.370 e. The Kier molecular flexibility index (Phi) is 12.1. The Morgan fingerprint density at radius 2 is 1.75 bits per heavy atom. The second kappa shape index (κ2) is 10.4. The highest BCUT2D eigenvalue weighted by Gasteiger charge is 1.91. The molecule has 0 aliphatic heterocycles. The number of halogens is 1. The maximum absolute atomic E-state index is 11.3. The SMILES string of the molecule is CC(C)C.NC(=O)CCCCF. The van der Waals surface area contributed by atoms with Gasteiger partial charge in [-0.25, -0.2) is 0 Å². The van der Waals surface area contributed by atoms with Crippen molar-refractivity contribution in [3.63, 3.8) is 0 Å². The minimum atomic E-state index is -0.354. The van der Waals surface area contributed by atoms with Gasteiger partial charge in [0.25, 0.3) is 0 Å². The molecule has 0 aromatic carbocycles. The third kappa shape index (κ3) is 34.3. The fourth-order valence-electron chi connectivity index (χ4n) is 0.394. The third-order valence-electron chi connectivity index (χ3n) is 0.807. The average Bonchev–Trinajstić information content (AvgIpc) is 1.86. The van der Waals surface area contributed by atoms with Gasteiger partial charge in [-0.15, -0.1) is 0 Å². The summed E-state index contributed by atoms with van der Waals surface area (Å²) in [5, 5.41) is 0. The first kappa shape index (κ1) is 14.0. The third-order valence-corrected chi connectivity index (χ3v) is 0.807. The Labute approximate surface area is 74.3 Å². The molecule has 2 nitrogen and oxygen atoms in total. The average molecular weight is 177 g/mol. The summed E-state index contributed by atoms with van der Waals surface area (Å²) in [5.74, 6) is 0.485. The van der Waals surface area contributed by atoms with Crippen molar-refractivity contribution in [1.29, 1.82) is 0 Å². The first-order valence-electron chi connectivity index (χ1n) is 4.35. The molecule has 0 radical (unpaired) electrons. The molecule has 1 amide bonds. The fourth-order valence-corrected chi connectivity index (χ4v) is 0.394. The summed E-state index contributed by atoms with van der Waals surface area (Å²) in [4.78, 5) is 9.97. The molecule has 74 valence electrons. The number of primary amides is 1. The predicted octanol–water partition coefficient (Wildman–Crippen LogP) is 2.27. The maximum atomic E-state index is 11.3. The van der Waals surface area contributed by atoms with E-state index in [1.165, 1.54) is 0 Å². The number of hydrogen-bond donors (Lipinski definition) is 1. The molecule has 0 saturated heterocycles. The molecule has 0 aliphatic rings. The number of rotatable bonds is 4. The molecule has 0 bridgehead atoms. The van der Waals surface area contributed by atoms with E-state index < -0.39 is 0 Å². The number of nitrogens with two attached hydrogens (primary N) is 1. The van der Waals surface area contributed by atoms with Crippen molar-refractivity contribution in [1.82, 2.24) is 0 Å². The zero-order chi connectivity index (χ0) is 9.98. The summed E-state index contributed by atoms with van der Waals surface area (Å²) < 4.78 is 11.3. The molecule has 0 fully saturated rings. The van der Waals surface area contributed by atoms with Crippen LogP contribution in [0.25, 0.3) is 0 Å². The van der Waals surface area contributed by atoms with Crippen molar-refractivity contribution in [3.05, 3.63) is 0 Å². The molecular weight excluding hydrogens is 157 g/mol. The largest absolute Gasteiger partial charge is 0.370 e. The first-order chi connectivity index (χ1) is 5.50. The van der Waals surface area contributed by atoms with E-state index in [1.54, 1.807) is 0 Å². The number of carbonyl (C=O) groups excluding carboxylic acids is 1. The lowest BCUT2D eigenvalue weighted by Crippen LogP contribution is -2.09. The summed E-state index contributed by atoms with van der Waals surface area (Å²) in [6, 6.07) is 0. The monoisotopic (exact) mass is 177 g/mol. The molecule has 12 heavy (non-hydrogen) atoms. The molecule has 0 atom stereocenters. The number of unbranched alkanes of at least 4 members (excludes halogenated alkanes) is 1. The Morgan fingerprint density at radius 1 is 1.33 bits per heavy atom. The van der Waals surface area contributed by atoms with E-state index in [4.69, 9.17) is 5.73 Å². The van der Waals surface area contributed by atoms with E-state index in [0.717, 1.165) is 5.92 Å². The van der Waals surface area contributed by atoms with Crippen LogP contribution in [0.1, 0.15) is 40.0 Å². The number of alkyl halides is 1. The van der Waals surface area contributed by atoms with Crippen LogP contribution in [0.15, 0.2) is 0 Å². The lowest BCUT2D eigenvalue weighted by atomic mass is 10.2. The van der Waals surface area contributed by atoms with Crippen LogP contribution >= 0.6 is 0 Å². The van der Waals surface area contributed by atoms with Crippen LogP contribution in [0.3, 0.4) is 0 Å². The molecule has 0 heterocycles. The highest BCUT2D eigenvalue weighted by molar-refractivity contribution is 5.73. The molecule has 0 unspecified atom stereocenters. The molecule has 0 saturated carbocycles. The number of carbonyl (C=O) groups is 1. The van der Waals surface area contributed by atoms with Crippen LogP contribution in [0.5, 0.6) is 0 Å². The van der Waals surface area contributed by atoms with Crippen LogP contribution in [0, 0.1) is 5.92 Å². The standard InChI is InChI=1S/C5H10FNO.C4H10/c6-4-2-1-3-5(7)8;1-4(2)3/h1-4H2,(H2,7,8);4H,1-3H3. The topological polar surface area (TPSA) is 43.1 Å². The second-order valence-electron chi connectivity index (χ2n) is 3.34. The molecule has 0 spiro atoms. The predicted molar refractivity (Wildman–Crippen MR) is 49.5 cm³/mol. The van der Waals surface area contributed by atoms with Gasteiger partial charge in [0, 0.05) is 6.42 Å². The van der Waals surface area contributed by atoms with E-state index in [1.807, 2.05) is 0 Å². The van der Waals surface area contributed by atoms with Gasteiger partial charge >= 0.3 is 0 Å². The molecule has 0 aromatic rings. The highest BCUT2D eigenvalue weighted by Crippen LogP contribution is 1.93. The summed E-state index contributed by atoms with van der Waals surface area (Å²) in [6.07, 6.45) is 1.33. The zero-order valence-corrected chi connectivity index (χ0v) is 8.27. The van der Waals surface area contributed by atoms with Crippen molar-refractivity contribution in [2.45, 2.75) is 40.0 Å². The highest BCUT2D eigenvalue weighted by atomic mass is 19.1. The quantitative estimate of drug-likeness (QED) is 0.658. The lowest BCUT2D eigenvalue weighted by molar-refractivity contribution is -0.118. The van der Waals surface area contributed by atoms with Crippen molar-refractivity contribution < 1.29 is 9.18 Å². The minimum absolute atomic E-state index is 0.309. The Bertz CT molecular complexity index is 102. The van der Waals surface area contributed by atoms with E-state index >= 15 is 0 Å². The Balaban J connectivity index is 0. The van der Waals surface area contributed by atoms with Gasteiger partial charge in [0.2, 0.25) is 5.91 Å². The van der Waals surface area contributed by atoms with Crippen molar-refractivity contribution >= 4 is 5.91 Å².